The maximum Gasteiger partial charge on any atom is 0.340 e. The van der Waals surface area contributed by atoms with E-state index in [0.717, 1.165) is 5.39 Å². The van der Waals surface area contributed by atoms with Gasteiger partial charge in [0.1, 0.15) is 16.9 Å². The summed E-state index contributed by atoms with van der Waals surface area (Å²) in [6.07, 6.45) is 1.44. The van der Waals surface area contributed by atoms with E-state index in [4.69, 9.17) is 8.83 Å². The predicted octanol–water partition coefficient (Wildman–Crippen LogP) is 3.73. The summed E-state index contributed by atoms with van der Waals surface area (Å²) in [6.45, 7) is 1.76. The van der Waals surface area contributed by atoms with Gasteiger partial charge in [0.15, 0.2) is 0 Å². The Morgan fingerprint density at radius 2 is 1.96 bits per heavy atom. The highest BCUT2D eigenvalue weighted by molar-refractivity contribution is 6.01. The summed E-state index contributed by atoms with van der Waals surface area (Å²) >= 11 is 0. The number of phenols is 1. The lowest BCUT2D eigenvalue weighted by Crippen LogP contribution is -2.20. The molecule has 2 aromatic carbocycles. The Kier molecular flexibility index (Phi) is 3.73. The van der Waals surface area contributed by atoms with Crippen molar-refractivity contribution in [3.63, 3.8) is 0 Å². The van der Waals surface area contributed by atoms with Crippen LogP contribution in [-0.2, 0) is 11.2 Å². The largest absolute Gasteiger partial charge is 0.508 e. The van der Waals surface area contributed by atoms with Crippen LogP contribution in [0.1, 0.15) is 11.1 Å². The molecule has 4 rings (SSSR count). The maximum absolute atomic E-state index is 12.5. The summed E-state index contributed by atoms with van der Waals surface area (Å²) in [5.74, 6) is -0.314. The number of carbonyl (C=O) groups is 1. The number of aryl methyl sites for hydroxylation is 1. The van der Waals surface area contributed by atoms with E-state index in [1.165, 1.54) is 12.1 Å². The van der Waals surface area contributed by atoms with Gasteiger partial charge in [-0.2, -0.15) is 0 Å². The van der Waals surface area contributed by atoms with E-state index in [1.807, 2.05) is 6.07 Å². The smallest absolute Gasteiger partial charge is 0.340 e. The minimum Gasteiger partial charge on any atom is -0.508 e. The van der Waals surface area contributed by atoms with E-state index in [0.29, 0.717) is 33.4 Å². The Morgan fingerprint density at radius 1 is 1.12 bits per heavy atom. The van der Waals surface area contributed by atoms with Crippen LogP contribution in [0, 0.1) is 6.92 Å². The van der Waals surface area contributed by atoms with Gasteiger partial charge in [0.25, 0.3) is 0 Å². The zero-order valence-electron chi connectivity index (χ0n) is 13.9. The Balaban J connectivity index is 1.66. The van der Waals surface area contributed by atoms with Gasteiger partial charge in [-0.15, -0.1) is 0 Å². The number of amides is 1. The van der Waals surface area contributed by atoms with Gasteiger partial charge in [-0.3, -0.25) is 4.79 Å². The molecule has 0 aliphatic carbocycles. The molecule has 0 aliphatic rings. The minimum absolute atomic E-state index is 0.0127. The average molecular weight is 349 g/mol. The summed E-state index contributed by atoms with van der Waals surface area (Å²) in [4.78, 5) is 24.8. The molecule has 0 aliphatic heterocycles. The van der Waals surface area contributed by atoms with Crippen molar-refractivity contribution in [1.82, 2.24) is 0 Å². The van der Waals surface area contributed by atoms with Gasteiger partial charge in [0.2, 0.25) is 5.91 Å². The summed E-state index contributed by atoms with van der Waals surface area (Å²) in [6, 6.07) is 11.7. The SMILES string of the molecule is Cc1c(CC(=O)Nc2cccc3occc23)c(=O)oc2cc(O)ccc12. The number of carbonyl (C=O) groups excluding carboxylic acids is 1. The standard InChI is InChI=1S/C20H15NO5/c1-11-13-6-5-12(22)9-18(13)26-20(24)15(11)10-19(23)21-16-3-2-4-17-14(16)7-8-25-17/h2-9,22H,10H2,1H3,(H,21,23). The highest BCUT2D eigenvalue weighted by Crippen LogP contribution is 2.26. The first-order valence-corrected chi connectivity index (χ1v) is 8.04. The molecule has 0 atom stereocenters. The van der Waals surface area contributed by atoms with Gasteiger partial charge in [-0.05, 0) is 42.8 Å². The van der Waals surface area contributed by atoms with Crippen LogP contribution in [0.2, 0.25) is 0 Å². The molecule has 0 spiro atoms. The van der Waals surface area contributed by atoms with Crippen molar-refractivity contribution in [1.29, 1.82) is 0 Å². The van der Waals surface area contributed by atoms with Crippen molar-refractivity contribution in [3.05, 3.63) is 70.3 Å². The number of hydrogen-bond acceptors (Lipinski definition) is 5. The summed E-state index contributed by atoms with van der Waals surface area (Å²) in [7, 11) is 0. The summed E-state index contributed by atoms with van der Waals surface area (Å²) < 4.78 is 10.6. The molecular formula is C20H15NO5. The molecule has 26 heavy (non-hydrogen) atoms. The van der Waals surface area contributed by atoms with Crippen molar-refractivity contribution < 1.29 is 18.7 Å². The molecule has 2 N–H and O–H groups in total. The number of furan rings is 1. The number of benzene rings is 2. The number of hydrogen-bond donors (Lipinski definition) is 2. The molecule has 0 radical (unpaired) electrons. The van der Waals surface area contributed by atoms with Gasteiger partial charge >= 0.3 is 5.63 Å². The predicted molar refractivity (Wildman–Crippen MR) is 97.4 cm³/mol. The summed E-state index contributed by atoms with van der Waals surface area (Å²) in [5.41, 5.74) is 1.95. The topological polar surface area (TPSA) is 92.7 Å². The van der Waals surface area contributed by atoms with Crippen LogP contribution in [0.15, 0.2) is 62.4 Å². The first kappa shape index (κ1) is 16.0. The Morgan fingerprint density at radius 3 is 2.81 bits per heavy atom. The van der Waals surface area contributed by atoms with E-state index < -0.39 is 5.63 Å². The lowest BCUT2D eigenvalue weighted by molar-refractivity contribution is -0.115. The van der Waals surface area contributed by atoms with Gasteiger partial charge in [0.05, 0.1) is 23.9 Å². The molecule has 0 fully saturated rings. The third-order valence-corrected chi connectivity index (χ3v) is 4.38. The van der Waals surface area contributed by atoms with E-state index in [2.05, 4.69) is 5.32 Å². The third kappa shape index (κ3) is 2.71. The molecule has 6 heteroatoms. The highest BCUT2D eigenvalue weighted by Gasteiger charge is 2.16. The first-order chi connectivity index (χ1) is 12.5. The Hall–Kier alpha value is -3.54. The molecule has 2 aromatic heterocycles. The van der Waals surface area contributed by atoms with Gasteiger partial charge in [-0.1, -0.05) is 6.07 Å². The van der Waals surface area contributed by atoms with Crippen molar-refractivity contribution in [2.75, 3.05) is 5.32 Å². The quantitative estimate of drug-likeness (QED) is 0.550. The average Bonchev–Trinajstić information content (AvgIpc) is 3.08. The monoisotopic (exact) mass is 349 g/mol. The van der Waals surface area contributed by atoms with Gasteiger partial charge < -0.3 is 19.3 Å². The molecule has 2 heterocycles. The molecule has 0 bridgehead atoms. The minimum atomic E-state index is -0.586. The molecule has 0 saturated carbocycles. The van der Waals surface area contributed by atoms with Crippen LogP contribution in [0.25, 0.3) is 21.9 Å². The second-order valence-corrected chi connectivity index (χ2v) is 6.04. The van der Waals surface area contributed by atoms with E-state index in [9.17, 15) is 14.7 Å². The normalized spacial score (nSPS) is 11.1. The fraction of sp³-hybridized carbons (Fsp3) is 0.100. The van der Waals surface area contributed by atoms with Crippen LogP contribution in [0.3, 0.4) is 0 Å². The van der Waals surface area contributed by atoms with Crippen molar-refractivity contribution in [2.45, 2.75) is 13.3 Å². The molecule has 1 amide bonds. The fourth-order valence-electron chi connectivity index (χ4n) is 3.05. The van der Waals surface area contributed by atoms with Crippen LogP contribution in [0.5, 0.6) is 5.75 Å². The second kappa shape index (κ2) is 6.07. The number of nitrogens with one attached hydrogen (secondary N) is 1. The Bertz CT molecular complexity index is 1200. The zero-order valence-corrected chi connectivity index (χ0v) is 13.9. The molecular weight excluding hydrogens is 334 g/mol. The molecule has 0 saturated heterocycles. The number of aromatic hydroxyl groups is 1. The lowest BCUT2D eigenvalue weighted by Gasteiger charge is -2.09. The zero-order chi connectivity index (χ0) is 18.3. The molecule has 130 valence electrons. The van der Waals surface area contributed by atoms with E-state index >= 15 is 0 Å². The van der Waals surface area contributed by atoms with Crippen LogP contribution < -0.4 is 10.9 Å². The van der Waals surface area contributed by atoms with Crippen molar-refractivity contribution in [2.24, 2.45) is 0 Å². The number of rotatable bonds is 3. The summed E-state index contributed by atoms with van der Waals surface area (Å²) in [5, 5.41) is 13.8. The lowest BCUT2D eigenvalue weighted by atomic mass is 10.0. The number of fused-ring (bicyclic) bond motifs is 2. The number of anilines is 1. The highest BCUT2D eigenvalue weighted by atomic mass is 16.4. The van der Waals surface area contributed by atoms with Crippen LogP contribution >= 0.6 is 0 Å². The second-order valence-electron chi connectivity index (χ2n) is 6.04. The van der Waals surface area contributed by atoms with E-state index in [-0.39, 0.29) is 18.1 Å². The van der Waals surface area contributed by atoms with Gasteiger partial charge in [-0.25, -0.2) is 4.79 Å². The Labute approximate surface area is 147 Å². The van der Waals surface area contributed by atoms with Crippen molar-refractivity contribution >= 4 is 33.5 Å². The third-order valence-electron chi connectivity index (χ3n) is 4.38. The molecule has 6 nitrogen and oxygen atoms in total. The van der Waals surface area contributed by atoms with Crippen molar-refractivity contribution in [3.8, 4) is 5.75 Å². The van der Waals surface area contributed by atoms with Crippen LogP contribution in [-0.4, -0.2) is 11.0 Å². The van der Waals surface area contributed by atoms with Gasteiger partial charge in [0, 0.05) is 16.8 Å². The number of phenolic OH excluding ortho intramolecular Hbond substituents is 1. The fourth-order valence-corrected chi connectivity index (χ4v) is 3.05. The van der Waals surface area contributed by atoms with E-state index in [1.54, 1.807) is 37.5 Å². The molecule has 0 unspecified atom stereocenters. The van der Waals surface area contributed by atoms with Crippen LogP contribution in [0.4, 0.5) is 5.69 Å². The first-order valence-electron chi connectivity index (χ1n) is 8.04. The maximum atomic E-state index is 12.5. The molecule has 4 aromatic rings.